The molecule has 3 aromatic rings. The van der Waals surface area contributed by atoms with Crippen LogP contribution in [0.25, 0.3) is 5.65 Å². The third kappa shape index (κ3) is 5.50. The Morgan fingerprint density at radius 2 is 1.91 bits per heavy atom. The van der Waals surface area contributed by atoms with Crippen molar-refractivity contribution in [1.82, 2.24) is 25.2 Å². The van der Waals surface area contributed by atoms with Crippen molar-refractivity contribution >= 4 is 35.6 Å². The summed E-state index contributed by atoms with van der Waals surface area (Å²) in [5.74, 6) is 2.48. The predicted octanol–water partition coefficient (Wildman–Crippen LogP) is 3.16. The first-order valence-electron chi connectivity index (χ1n) is 10.8. The lowest BCUT2D eigenvalue weighted by Gasteiger charge is -2.38. The minimum atomic E-state index is -0.0117. The Hall–Kier alpha value is -2.40. The molecule has 8 nitrogen and oxygen atoms in total. The first-order chi connectivity index (χ1) is 15.2. The number of halogens is 1. The van der Waals surface area contributed by atoms with Crippen LogP contribution in [-0.4, -0.2) is 54.0 Å². The molecule has 0 amide bonds. The minimum Gasteiger partial charge on any atom is -0.494 e. The van der Waals surface area contributed by atoms with Crippen LogP contribution >= 0.6 is 24.0 Å². The van der Waals surface area contributed by atoms with Gasteiger partial charge in [0.2, 0.25) is 0 Å². The van der Waals surface area contributed by atoms with Crippen LogP contribution in [0.2, 0.25) is 0 Å². The van der Waals surface area contributed by atoms with Crippen LogP contribution in [0.4, 0.5) is 0 Å². The number of benzene rings is 1. The lowest BCUT2D eigenvalue weighted by Crippen LogP contribution is -2.48. The van der Waals surface area contributed by atoms with E-state index in [1.165, 1.54) is 5.56 Å². The zero-order valence-electron chi connectivity index (χ0n) is 18.6. The quantitative estimate of drug-likeness (QED) is 0.267. The highest BCUT2D eigenvalue weighted by atomic mass is 127. The number of rotatable bonds is 7. The Morgan fingerprint density at radius 3 is 2.62 bits per heavy atom. The van der Waals surface area contributed by atoms with E-state index < -0.39 is 0 Å². The van der Waals surface area contributed by atoms with Gasteiger partial charge in [-0.25, -0.2) is 0 Å². The maximum absolute atomic E-state index is 5.66. The third-order valence-corrected chi connectivity index (χ3v) is 5.84. The van der Waals surface area contributed by atoms with Crippen LogP contribution in [0.15, 0.2) is 53.7 Å². The molecule has 1 aliphatic rings. The Labute approximate surface area is 205 Å². The number of aliphatic imine (C=N–C) groups is 1. The molecule has 0 spiro atoms. The molecular formula is C23H31IN6O2. The van der Waals surface area contributed by atoms with Gasteiger partial charge < -0.3 is 20.1 Å². The summed E-state index contributed by atoms with van der Waals surface area (Å²) in [6.45, 7) is 5.48. The molecule has 32 heavy (non-hydrogen) atoms. The van der Waals surface area contributed by atoms with Crippen LogP contribution in [0, 0.1) is 0 Å². The van der Waals surface area contributed by atoms with Gasteiger partial charge in [-0.3, -0.25) is 9.39 Å². The Balaban J connectivity index is 0.00000289. The molecule has 0 unspecified atom stereocenters. The van der Waals surface area contributed by atoms with E-state index in [9.17, 15) is 0 Å². The van der Waals surface area contributed by atoms with Crippen molar-refractivity contribution in [1.29, 1.82) is 0 Å². The van der Waals surface area contributed by atoms with Crippen molar-refractivity contribution in [2.45, 2.75) is 31.7 Å². The molecular weight excluding hydrogens is 519 g/mol. The van der Waals surface area contributed by atoms with E-state index in [-0.39, 0.29) is 29.4 Å². The largest absolute Gasteiger partial charge is 0.494 e. The molecule has 2 N–H and O–H groups in total. The monoisotopic (exact) mass is 550 g/mol. The van der Waals surface area contributed by atoms with E-state index in [0.717, 1.165) is 55.8 Å². The summed E-state index contributed by atoms with van der Waals surface area (Å²) < 4.78 is 13.2. The van der Waals surface area contributed by atoms with Crippen molar-refractivity contribution in [2.24, 2.45) is 4.99 Å². The number of hydrogen-bond acceptors (Lipinski definition) is 5. The fourth-order valence-electron chi connectivity index (χ4n) is 4.05. The van der Waals surface area contributed by atoms with Crippen LogP contribution in [-0.2, 0) is 16.7 Å². The molecule has 1 fully saturated rings. The molecule has 1 aliphatic heterocycles. The molecule has 2 aromatic heterocycles. The molecule has 1 aromatic carbocycles. The first-order valence-corrected chi connectivity index (χ1v) is 10.8. The summed E-state index contributed by atoms with van der Waals surface area (Å²) in [7, 11) is 1.78. The second-order valence-corrected chi connectivity index (χ2v) is 7.67. The normalized spacial score (nSPS) is 15.8. The van der Waals surface area contributed by atoms with E-state index in [2.05, 4.69) is 50.1 Å². The van der Waals surface area contributed by atoms with E-state index >= 15 is 0 Å². The summed E-state index contributed by atoms with van der Waals surface area (Å²) in [5.41, 5.74) is 2.12. The van der Waals surface area contributed by atoms with Crippen LogP contribution < -0.4 is 15.4 Å². The molecule has 3 heterocycles. The SMILES string of the molecule is CCOc1ccc(C2(CNC(=NC)NCc3nnc4ccccn34)CCOCC2)cc1.I. The van der Waals surface area contributed by atoms with Crippen LogP contribution in [0.5, 0.6) is 5.75 Å². The Morgan fingerprint density at radius 1 is 1.12 bits per heavy atom. The van der Waals surface area contributed by atoms with Crippen molar-refractivity contribution in [2.75, 3.05) is 33.4 Å². The molecule has 9 heteroatoms. The summed E-state index contributed by atoms with van der Waals surface area (Å²) in [6.07, 6.45) is 3.88. The van der Waals surface area contributed by atoms with E-state index in [4.69, 9.17) is 9.47 Å². The zero-order chi connectivity index (χ0) is 21.5. The third-order valence-electron chi connectivity index (χ3n) is 5.84. The number of fused-ring (bicyclic) bond motifs is 1. The molecule has 172 valence electrons. The van der Waals surface area contributed by atoms with Gasteiger partial charge in [-0.1, -0.05) is 18.2 Å². The van der Waals surface area contributed by atoms with E-state index in [1.807, 2.05) is 35.7 Å². The van der Waals surface area contributed by atoms with Gasteiger partial charge in [0.15, 0.2) is 17.4 Å². The second-order valence-electron chi connectivity index (χ2n) is 7.67. The fraction of sp³-hybridized carbons (Fsp3) is 0.435. The summed E-state index contributed by atoms with van der Waals surface area (Å²) in [5, 5.41) is 15.4. The maximum atomic E-state index is 5.66. The number of pyridine rings is 1. The van der Waals surface area contributed by atoms with Gasteiger partial charge in [-0.15, -0.1) is 34.2 Å². The van der Waals surface area contributed by atoms with E-state index in [0.29, 0.717) is 13.2 Å². The van der Waals surface area contributed by atoms with Gasteiger partial charge in [-0.05, 0) is 49.6 Å². The molecule has 0 bridgehead atoms. The highest BCUT2D eigenvalue weighted by molar-refractivity contribution is 14.0. The summed E-state index contributed by atoms with van der Waals surface area (Å²) in [6, 6.07) is 14.3. The van der Waals surface area contributed by atoms with Gasteiger partial charge in [0, 0.05) is 38.4 Å². The number of ether oxygens (including phenoxy) is 2. The highest BCUT2D eigenvalue weighted by Crippen LogP contribution is 2.35. The van der Waals surface area contributed by atoms with Gasteiger partial charge in [0.05, 0.1) is 13.2 Å². The standard InChI is InChI=1S/C23H30N6O2.HI/c1-3-31-19-9-7-18(8-10-19)23(11-14-30-15-12-23)17-26-22(24-2)25-16-21-28-27-20-6-4-5-13-29(20)21;/h4-10,13H,3,11-12,14-17H2,1-2H3,(H2,24,25,26);1H. The lowest BCUT2D eigenvalue weighted by atomic mass is 9.74. The molecule has 0 atom stereocenters. The number of nitrogens with one attached hydrogen (secondary N) is 2. The average molecular weight is 550 g/mol. The molecule has 4 rings (SSSR count). The number of aromatic nitrogens is 3. The summed E-state index contributed by atoms with van der Waals surface area (Å²) in [4.78, 5) is 4.40. The van der Waals surface area contributed by atoms with Crippen molar-refractivity contribution in [3.8, 4) is 5.75 Å². The smallest absolute Gasteiger partial charge is 0.191 e. The lowest BCUT2D eigenvalue weighted by molar-refractivity contribution is 0.0513. The van der Waals surface area contributed by atoms with Gasteiger partial charge in [0.25, 0.3) is 0 Å². The number of guanidine groups is 1. The highest BCUT2D eigenvalue weighted by Gasteiger charge is 2.34. The molecule has 0 radical (unpaired) electrons. The zero-order valence-corrected chi connectivity index (χ0v) is 20.9. The fourth-order valence-corrected chi connectivity index (χ4v) is 4.05. The van der Waals surface area contributed by atoms with Gasteiger partial charge in [-0.2, -0.15) is 0 Å². The average Bonchev–Trinajstić information content (AvgIpc) is 3.24. The van der Waals surface area contributed by atoms with E-state index in [1.54, 1.807) is 7.05 Å². The van der Waals surface area contributed by atoms with Gasteiger partial charge in [0.1, 0.15) is 5.75 Å². The molecule has 1 saturated heterocycles. The van der Waals surface area contributed by atoms with Crippen molar-refractivity contribution in [3.63, 3.8) is 0 Å². The molecule has 0 saturated carbocycles. The predicted molar refractivity (Wildman–Crippen MR) is 136 cm³/mol. The number of hydrogen-bond donors (Lipinski definition) is 2. The van der Waals surface area contributed by atoms with Crippen LogP contribution in [0.3, 0.4) is 0 Å². The second kappa shape index (κ2) is 11.5. The van der Waals surface area contributed by atoms with Crippen molar-refractivity contribution in [3.05, 3.63) is 60.0 Å². The van der Waals surface area contributed by atoms with Crippen molar-refractivity contribution < 1.29 is 9.47 Å². The maximum Gasteiger partial charge on any atom is 0.191 e. The Bertz CT molecular complexity index is 1010. The summed E-state index contributed by atoms with van der Waals surface area (Å²) >= 11 is 0. The topological polar surface area (TPSA) is 85.1 Å². The molecule has 0 aliphatic carbocycles. The Kier molecular flexibility index (Phi) is 8.68. The number of nitrogens with zero attached hydrogens (tertiary/aromatic N) is 4. The van der Waals surface area contributed by atoms with Crippen LogP contribution in [0.1, 0.15) is 31.2 Å². The first kappa shape index (κ1) is 24.2. The van der Waals surface area contributed by atoms with Gasteiger partial charge >= 0.3 is 0 Å². The minimum absolute atomic E-state index is 0.